The van der Waals surface area contributed by atoms with Gasteiger partial charge in [0.05, 0.1) is 11.7 Å². The van der Waals surface area contributed by atoms with E-state index in [-0.39, 0.29) is 17.1 Å². The molecule has 1 heterocycles. The van der Waals surface area contributed by atoms with Gasteiger partial charge in [-0.2, -0.15) is 0 Å². The molecule has 1 aromatic carbocycles. The molecule has 0 aromatic heterocycles. The molecule has 0 spiro atoms. The number of hydrogen-bond donors (Lipinski definition) is 0. The van der Waals surface area contributed by atoms with E-state index in [2.05, 4.69) is 59.7 Å². The molecule has 0 fully saturated rings. The second-order valence-corrected chi connectivity index (χ2v) is 6.41. The number of ether oxygens (including phenoxy) is 1. The van der Waals surface area contributed by atoms with Gasteiger partial charge in [-0.25, -0.2) is 0 Å². The fourth-order valence-electron chi connectivity index (χ4n) is 2.79. The summed E-state index contributed by atoms with van der Waals surface area (Å²) in [7, 11) is 0. The number of rotatable bonds is 0. The Morgan fingerprint density at radius 1 is 1.19 bits per heavy atom. The molecule has 1 nitrogen and oxygen atoms in total. The quantitative estimate of drug-likeness (QED) is 0.629. The van der Waals surface area contributed by atoms with E-state index in [4.69, 9.17) is 4.74 Å². The summed E-state index contributed by atoms with van der Waals surface area (Å²) in [5.41, 5.74) is 4.09. The molecule has 0 saturated carbocycles. The smallest absolute Gasteiger partial charge is 0.0890 e. The van der Waals surface area contributed by atoms with E-state index in [1.165, 1.54) is 16.7 Å². The highest BCUT2D eigenvalue weighted by Crippen LogP contribution is 2.51. The van der Waals surface area contributed by atoms with Gasteiger partial charge in [0.25, 0.3) is 0 Å². The van der Waals surface area contributed by atoms with Gasteiger partial charge in [0.2, 0.25) is 0 Å². The lowest BCUT2D eigenvalue weighted by molar-refractivity contribution is -0.0965. The number of aryl methyl sites for hydroxylation is 1. The van der Waals surface area contributed by atoms with Gasteiger partial charge >= 0.3 is 0 Å². The molecule has 1 atom stereocenters. The van der Waals surface area contributed by atoms with Gasteiger partial charge in [-0.15, -0.1) is 0 Å². The van der Waals surface area contributed by atoms with Crippen LogP contribution in [0.4, 0.5) is 0 Å². The number of fused-ring (bicyclic) bond motifs is 1. The first kappa shape index (κ1) is 11.7. The van der Waals surface area contributed by atoms with Crippen LogP contribution in [0.25, 0.3) is 0 Å². The Morgan fingerprint density at radius 2 is 1.81 bits per heavy atom. The van der Waals surface area contributed by atoms with Crippen LogP contribution in [-0.2, 0) is 10.3 Å². The summed E-state index contributed by atoms with van der Waals surface area (Å²) >= 11 is 0. The van der Waals surface area contributed by atoms with Crippen molar-refractivity contribution in [3.8, 4) is 0 Å². The second-order valence-electron chi connectivity index (χ2n) is 6.41. The third kappa shape index (κ3) is 1.67. The van der Waals surface area contributed by atoms with Crippen molar-refractivity contribution in [3.05, 3.63) is 34.9 Å². The van der Waals surface area contributed by atoms with E-state index >= 15 is 0 Å². The Morgan fingerprint density at radius 3 is 2.38 bits per heavy atom. The zero-order valence-corrected chi connectivity index (χ0v) is 11.2. The van der Waals surface area contributed by atoms with Crippen molar-refractivity contribution in [1.82, 2.24) is 0 Å². The highest BCUT2D eigenvalue weighted by atomic mass is 16.5. The Labute approximate surface area is 98.8 Å². The Hall–Kier alpha value is -0.820. The Balaban J connectivity index is 2.60. The molecule has 0 amide bonds. The van der Waals surface area contributed by atoms with E-state index in [0.717, 1.165) is 0 Å². The van der Waals surface area contributed by atoms with Crippen LogP contribution in [0.15, 0.2) is 18.2 Å². The molecular weight excluding hydrogens is 196 g/mol. The fraction of sp³-hybridized carbons (Fsp3) is 0.600. The molecule has 0 N–H and O–H groups in total. The maximum atomic E-state index is 6.26. The molecule has 0 aliphatic carbocycles. The van der Waals surface area contributed by atoms with Crippen LogP contribution < -0.4 is 0 Å². The van der Waals surface area contributed by atoms with Crippen LogP contribution in [0.2, 0.25) is 0 Å². The van der Waals surface area contributed by atoms with Gasteiger partial charge in [-0.05, 0) is 42.9 Å². The van der Waals surface area contributed by atoms with Crippen LogP contribution in [-0.4, -0.2) is 0 Å². The van der Waals surface area contributed by atoms with Crippen LogP contribution in [0.5, 0.6) is 0 Å². The first-order chi connectivity index (χ1) is 7.23. The van der Waals surface area contributed by atoms with E-state index in [1.807, 2.05) is 0 Å². The van der Waals surface area contributed by atoms with Crippen LogP contribution in [0, 0.1) is 12.3 Å². The van der Waals surface area contributed by atoms with Gasteiger partial charge < -0.3 is 4.74 Å². The summed E-state index contributed by atoms with van der Waals surface area (Å²) in [4.78, 5) is 0. The molecule has 1 aliphatic rings. The van der Waals surface area contributed by atoms with E-state index in [9.17, 15) is 0 Å². The van der Waals surface area contributed by atoms with Crippen molar-refractivity contribution >= 4 is 0 Å². The number of hydrogen-bond acceptors (Lipinski definition) is 1. The van der Waals surface area contributed by atoms with E-state index in [1.54, 1.807) is 0 Å². The lowest BCUT2D eigenvalue weighted by Gasteiger charge is -2.29. The first-order valence-electron chi connectivity index (χ1n) is 6.01. The van der Waals surface area contributed by atoms with Crippen molar-refractivity contribution in [3.63, 3.8) is 0 Å². The monoisotopic (exact) mass is 218 g/mol. The van der Waals surface area contributed by atoms with Crippen LogP contribution >= 0.6 is 0 Å². The third-order valence-corrected chi connectivity index (χ3v) is 3.39. The minimum atomic E-state index is -0.154. The standard InChI is InChI=1S/C15H22O/c1-10-8-7-9-11-12(10)15(5,6)16-13(11)14(2,3)4/h7-9,13H,1-6H3. The average Bonchev–Trinajstić information content (AvgIpc) is 2.39. The molecular formula is C15H22O. The maximum absolute atomic E-state index is 6.26. The van der Waals surface area contributed by atoms with Crippen molar-refractivity contribution in [1.29, 1.82) is 0 Å². The van der Waals surface area contributed by atoms with Gasteiger partial charge in [-0.3, -0.25) is 0 Å². The van der Waals surface area contributed by atoms with Gasteiger partial charge in [0.15, 0.2) is 0 Å². The zero-order chi connectivity index (χ0) is 12.1. The minimum Gasteiger partial charge on any atom is -0.362 e. The summed E-state index contributed by atoms with van der Waals surface area (Å²) in [5, 5.41) is 0. The second kappa shape index (κ2) is 3.33. The summed E-state index contributed by atoms with van der Waals surface area (Å²) < 4.78 is 6.26. The topological polar surface area (TPSA) is 9.23 Å². The predicted molar refractivity (Wildman–Crippen MR) is 67.5 cm³/mol. The summed E-state index contributed by atoms with van der Waals surface area (Å²) in [6.45, 7) is 13.2. The van der Waals surface area contributed by atoms with Crippen LogP contribution in [0.3, 0.4) is 0 Å². The molecule has 16 heavy (non-hydrogen) atoms. The highest BCUT2D eigenvalue weighted by Gasteiger charge is 2.43. The molecule has 2 rings (SSSR count). The number of benzene rings is 1. The largest absolute Gasteiger partial charge is 0.362 e. The van der Waals surface area contributed by atoms with Crippen molar-refractivity contribution in [2.45, 2.75) is 53.2 Å². The molecule has 88 valence electrons. The Kier molecular flexibility index (Phi) is 2.43. The summed E-state index contributed by atoms with van der Waals surface area (Å²) in [6, 6.07) is 6.53. The lowest BCUT2D eigenvalue weighted by atomic mass is 9.82. The molecule has 0 radical (unpaired) electrons. The first-order valence-corrected chi connectivity index (χ1v) is 6.01. The average molecular weight is 218 g/mol. The lowest BCUT2D eigenvalue weighted by Crippen LogP contribution is -2.22. The van der Waals surface area contributed by atoms with Gasteiger partial charge in [-0.1, -0.05) is 39.0 Å². The molecule has 1 unspecified atom stereocenters. The zero-order valence-electron chi connectivity index (χ0n) is 11.2. The predicted octanol–water partition coefficient (Wildman–Crippen LogP) is 4.35. The third-order valence-electron chi connectivity index (χ3n) is 3.39. The molecule has 1 aliphatic heterocycles. The van der Waals surface area contributed by atoms with Gasteiger partial charge in [0.1, 0.15) is 0 Å². The molecule has 1 heteroatoms. The molecule has 1 aromatic rings. The van der Waals surface area contributed by atoms with Crippen molar-refractivity contribution in [2.75, 3.05) is 0 Å². The van der Waals surface area contributed by atoms with Crippen molar-refractivity contribution in [2.24, 2.45) is 5.41 Å². The van der Waals surface area contributed by atoms with E-state index < -0.39 is 0 Å². The highest BCUT2D eigenvalue weighted by molar-refractivity contribution is 5.43. The minimum absolute atomic E-state index is 0.149. The fourth-order valence-corrected chi connectivity index (χ4v) is 2.79. The van der Waals surface area contributed by atoms with E-state index in [0.29, 0.717) is 0 Å². The normalized spacial score (nSPS) is 23.2. The van der Waals surface area contributed by atoms with Crippen molar-refractivity contribution < 1.29 is 4.74 Å². The van der Waals surface area contributed by atoms with Gasteiger partial charge in [0, 0.05) is 0 Å². The molecule has 0 bridgehead atoms. The SMILES string of the molecule is Cc1cccc2c1C(C)(C)OC2C(C)(C)C. The maximum Gasteiger partial charge on any atom is 0.0890 e. The summed E-state index contributed by atoms with van der Waals surface area (Å²) in [5.74, 6) is 0. The van der Waals surface area contributed by atoms with Crippen LogP contribution in [0.1, 0.15) is 57.4 Å². The Bertz CT molecular complexity index is 410. The molecule has 0 saturated heterocycles. The summed E-state index contributed by atoms with van der Waals surface area (Å²) in [6.07, 6.45) is 0.206.